The number of carbonyl (C=O) groups is 2. The third-order valence-corrected chi connectivity index (χ3v) is 4.19. The van der Waals surface area contributed by atoms with Gasteiger partial charge in [0.05, 0.1) is 14.2 Å². The minimum absolute atomic E-state index is 0.0733. The Labute approximate surface area is 132 Å². The predicted molar refractivity (Wildman–Crippen MR) is 85.7 cm³/mol. The van der Waals surface area contributed by atoms with Crippen molar-refractivity contribution in [3.05, 3.63) is 18.2 Å². The van der Waals surface area contributed by atoms with Gasteiger partial charge in [0.1, 0.15) is 5.25 Å². The first kappa shape index (κ1) is 16.2. The highest BCUT2D eigenvalue weighted by Crippen LogP contribution is 2.30. The van der Waals surface area contributed by atoms with Crippen LogP contribution in [0, 0.1) is 0 Å². The van der Waals surface area contributed by atoms with E-state index in [1.54, 1.807) is 32.4 Å². The maximum Gasteiger partial charge on any atom is 0.240 e. The Morgan fingerprint density at radius 3 is 2.68 bits per heavy atom. The second-order valence-electron chi connectivity index (χ2n) is 4.45. The first-order valence-corrected chi connectivity index (χ1v) is 7.41. The topological polar surface area (TPSA) is 89.0 Å². The van der Waals surface area contributed by atoms with Crippen LogP contribution in [0.4, 0.5) is 5.69 Å². The van der Waals surface area contributed by atoms with E-state index in [0.717, 1.165) is 0 Å². The molecule has 118 valence electrons. The number of thioether (sulfide) groups is 1. The summed E-state index contributed by atoms with van der Waals surface area (Å²) in [6.45, 7) is 0. The number of ether oxygens (including phenoxy) is 2. The molecule has 0 aromatic heterocycles. The molecule has 0 aliphatic carbocycles. The largest absolute Gasteiger partial charge is 0.493 e. The standard InChI is InChI=1S/C14H17N3O4S/c1-15-14-17-13(19)11(22-14)7-12(18)16-8-4-5-9(20-2)10(6-8)21-3/h4-6,11H,7H2,1-3H3,(H,16,18)(H,15,17,19)/t11-/m1/s1. The molecular weight excluding hydrogens is 306 g/mol. The molecule has 1 fully saturated rings. The second-order valence-corrected chi connectivity index (χ2v) is 5.64. The molecule has 2 rings (SSSR count). The van der Waals surface area contributed by atoms with Crippen molar-refractivity contribution in [1.82, 2.24) is 5.32 Å². The molecule has 1 saturated heterocycles. The summed E-state index contributed by atoms with van der Waals surface area (Å²) in [5.41, 5.74) is 0.579. The summed E-state index contributed by atoms with van der Waals surface area (Å²) in [6, 6.07) is 5.07. The number of nitrogens with zero attached hydrogens (tertiary/aromatic N) is 1. The van der Waals surface area contributed by atoms with Crippen molar-refractivity contribution in [3.8, 4) is 11.5 Å². The fourth-order valence-corrected chi connectivity index (χ4v) is 2.88. The third kappa shape index (κ3) is 3.70. The molecule has 1 aromatic carbocycles. The minimum Gasteiger partial charge on any atom is -0.493 e. The highest BCUT2D eigenvalue weighted by molar-refractivity contribution is 8.15. The van der Waals surface area contributed by atoms with Crippen LogP contribution in [-0.4, -0.2) is 43.5 Å². The summed E-state index contributed by atoms with van der Waals surface area (Å²) in [6.07, 6.45) is 0.0733. The second kappa shape index (κ2) is 7.17. The van der Waals surface area contributed by atoms with E-state index in [1.165, 1.54) is 18.9 Å². The lowest BCUT2D eigenvalue weighted by Gasteiger charge is -2.11. The van der Waals surface area contributed by atoms with Gasteiger partial charge >= 0.3 is 0 Å². The normalized spacial score (nSPS) is 19.0. The van der Waals surface area contributed by atoms with Gasteiger partial charge in [-0.2, -0.15) is 0 Å². The molecule has 0 spiro atoms. The molecule has 1 aromatic rings. The lowest BCUT2D eigenvalue weighted by Crippen LogP contribution is -2.28. The van der Waals surface area contributed by atoms with Crippen LogP contribution in [-0.2, 0) is 9.59 Å². The van der Waals surface area contributed by atoms with E-state index in [0.29, 0.717) is 22.4 Å². The van der Waals surface area contributed by atoms with E-state index in [-0.39, 0.29) is 18.2 Å². The van der Waals surface area contributed by atoms with Crippen molar-refractivity contribution in [2.45, 2.75) is 11.7 Å². The van der Waals surface area contributed by atoms with E-state index in [2.05, 4.69) is 15.6 Å². The van der Waals surface area contributed by atoms with Gasteiger partial charge in [-0.15, -0.1) is 0 Å². The molecule has 1 aliphatic rings. The minimum atomic E-state index is -0.459. The zero-order chi connectivity index (χ0) is 16.1. The van der Waals surface area contributed by atoms with Crippen LogP contribution < -0.4 is 20.1 Å². The maximum atomic E-state index is 12.0. The van der Waals surface area contributed by atoms with Gasteiger partial charge < -0.3 is 20.1 Å². The molecule has 8 heteroatoms. The Balaban J connectivity index is 1.99. The quantitative estimate of drug-likeness (QED) is 0.851. The number of hydrogen-bond acceptors (Lipinski definition) is 6. The van der Waals surface area contributed by atoms with Crippen molar-refractivity contribution in [1.29, 1.82) is 0 Å². The number of aliphatic imine (C=N–C) groups is 1. The molecular formula is C14H17N3O4S. The lowest BCUT2D eigenvalue weighted by atomic mass is 10.2. The molecule has 0 saturated carbocycles. The Kier molecular flexibility index (Phi) is 5.26. The summed E-state index contributed by atoms with van der Waals surface area (Å²) in [5.74, 6) is 0.647. The molecule has 0 unspecified atom stereocenters. The number of methoxy groups -OCH3 is 2. The fourth-order valence-electron chi connectivity index (χ4n) is 1.94. The van der Waals surface area contributed by atoms with Crippen LogP contribution in [0.2, 0.25) is 0 Å². The maximum absolute atomic E-state index is 12.0. The highest BCUT2D eigenvalue weighted by Gasteiger charge is 2.31. The van der Waals surface area contributed by atoms with Gasteiger partial charge in [-0.25, -0.2) is 0 Å². The first-order chi connectivity index (χ1) is 10.6. The zero-order valence-electron chi connectivity index (χ0n) is 12.5. The molecule has 0 bridgehead atoms. The number of amides is 2. The molecule has 22 heavy (non-hydrogen) atoms. The van der Waals surface area contributed by atoms with Crippen LogP contribution in [0.25, 0.3) is 0 Å². The Bertz CT molecular complexity index is 618. The van der Waals surface area contributed by atoms with Gasteiger partial charge in [-0.1, -0.05) is 11.8 Å². The Hall–Kier alpha value is -2.22. The van der Waals surface area contributed by atoms with Gasteiger partial charge in [0.2, 0.25) is 11.8 Å². The van der Waals surface area contributed by atoms with E-state index in [1.807, 2.05) is 0 Å². The van der Waals surface area contributed by atoms with Gasteiger partial charge in [-0.3, -0.25) is 14.6 Å². The van der Waals surface area contributed by atoms with Gasteiger partial charge in [0.25, 0.3) is 0 Å². The molecule has 1 heterocycles. The predicted octanol–water partition coefficient (Wildman–Crippen LogP) is 1.25. The van der Waals surface area contributed by atoms with E-state index < -0.39 is 5.25 Å². The highest BCUT2D eigenvalue weighted by atomic mass is 32.2. The summed E-state index contributed by atoms with van der Waals surface area (Å²) in [7, 11) is 4.65. The van der Waals surface area contributed by atoms with Crippen LogP contribution in [0.1, 0.15) is 6.42 Å². The summed E-state index contributed by atoms with van der Waals surface area (Å²) in [5, 5.41) is 5.43. The number of amidine groups is 1. The van der Waals surface area contributed by atoms with Gasteiger partial charge in [0, 0.05) is 25.2 Å². The number of carbonyl (C=O) groups excluding carboxylic acids is 2. The fraction of sp³-hybridized carbons (Fsp3) is 0.357. The molecule has 0 radical (unpaired) electrons. The van der Waals surface area contributed by atoms with Crippen molar-refractivity contribution in [2.75, 3.05) is 26.6 Å². The van der Waals surface area contributed by atoms with Gasteiger partial charge in [-0.05, 0) is 12.1 Å². The summed E-state index contributed by atoms with van der Waals surface area (Å²) >= 11 is 1.26. The monoisotopic (exact) mass is 323 g/mol. The molecule has 1 atom stereocenters. The van der Waals surface area contributed by atoms with Crippen LogP contribution in [0.3, 0.4) is 0 Å². The van der Waals surface area contributed by atoms with E-state index in [9.17, 15) is 9.59 Å². The number of rotatable bonds is 5. The first-order valence-electron chi connectivity index (χ1n) is 6.53. The van der Waals surface area contributed by atoms with Crippen LogP contribution >= 0.6 is 11.8 Å². The molecule has 1 aliphatic heterocycles. The molecule has 2 amide bonds. The lowest BCUT2D eigenvalue weighted by molar-refractivity contribution is -0.122. The van der Waals surface area contributed by atoms with Crippen molar-refractivity contribution >= 4 is 34.4 Å². The number of hydrogen-bond donors (Lipinski definition) is 2. The smallest absolute Gasteiger partial charge is 0.240 e. The van der Waals surface area contributed by atoms with Crippen molar-refractivity contribution in [2.24, 2.45) is 4.99 Å². The zero-order valence-corrected chi connectivity index (χ0v) is 13.3. The average Bonchev–Trinajstić information content (AvgIpc) is 2.87. The molecule has 7 nitrogen and oxygen atoms in total. The third-order valence-electron chi connectivity index (χ3n) is 3.02. The van der Waals surface area contributed by atoms with Crippen molar-refractivity contribution in [3.63, 3.8) is 0 Å². The van der Waals surface area contributed by atoms with Crippen LogP contribution in [0.15, 0.2) is 23.2 Å². The molecule has 2 N–H and O–H groups in total. The van der Waals surface area contributed by atoms with Crippen molar-refractivity contribution < 1.29 is 19.1 Å². The summed E-state index contributed by atoms with van der Waals surface area (Å²) < 4.78 is 10.3. The Morgan fingerprint density at radius 2 is 2.09 bits per heavy atom. The summed E-state index contributed by atoms with van der Waals surface area (Å²) in [4.78, 5) is 27.6. The van der Waals surface area contributed by atoms with E-state index >= 15 is 0 Å². The van der Waals surface area contributed by atoms with Gasteiger partial charge in [0.15, 0.2) is 16.7 Å². The number of benzene rings is 1. The van der Waals surface area contributed by atoms with E-state index in [4.69, 9.17) is 9.47 Å². The number of anilines is 1. The SMILES string of the molecule is CN=C1NC(=O)[C@@H](CC(=O)Nc2ccc(OC)c(OC)c2)S1. The van der Waals surface area contributed by atoms with Crippen LogP contribution in [0.5, 0.6) is 11.5 Å². The average molecular weight is 323 g/mol. The number of nitrogens with one attached hydrogen (secondary N) is 2. The Morgan fingerprint density at radius 1 is 1.36 bits per heavy atom.